The number of ether oxygens (including phenoxy) is 2. The molecule has 0 aliphatic heterocycles. The van der Waals surface area contributed by atoms with Crippen molar-refractivity contribution in [1.29, 1.82) is 0 Å². The van der Waals surface area contributed by atoms with Crippen molar-refractivity contribution in [2.24, 2.45) is 0 Å². The summed E-state index contributed by atoms with van der Waals surface area (Å²) in [6.07, 6.45) is 8.23. The van der Waals surface area contributed by atoms with Gasteiger partial charge >= 0.3 is 0 Å². The smallest absolute Gasteiger partial charge is 0.260 e. The third kappa shape index (κ3) is 7.46. The normalized spacial score (nSPS) is 11.2. The number of likely N-dealkylation sites (N-methyl/N-ethyl adjacent to an activating group) is 1. The van der Waals surface area contributed by atoms with E-state index in [1.165, 1.54) is 20.3 Å². The second kappa shape index (κ2) is 14.0. The lowest BCUT2D eigenvalue weighted by Crippen LogP contribution is -2.24. The van der Waals surface area contributed by atoms with E-state index in [-0.39, 0.29) is 23.0 Å². The van der Waals surface area contributed by atoms with E-state index in [1.54, 1.807) is 65.6 Å². The molecule has 0 atom stereocenters. The minimum Gasteiger partial charge on any atom is -0.497 e. The maximum atomic E-state index is 14.3. The largest absolute Gasteiger partial charge is 0.497 e. The minimum absolute atomic E-state index is 0.147. The topological polar surface area (TPSA) is 124 Å². The van der Waals surface area contributed by atoms with Gasteiger partial charge in [0, 0.05) is 65.2 Å². The fourth-order valence-corrected chi connectivity index (χ4v) is 4.93. The third-order valence-corrected chi connectivity index (χ3v) is 7.19. The Bertz CT molecular complexity index is 1930. The van der Waals surface area contributed by atoms with Gasteiger partial charge in [-0.25, -0.2) is 4.98 Å². The fraction of sp³-hybridized carbons (Fsp3) is 0.182. The van der Waals surface area contributed by atoms with Crippen LogP contribution in [0.5, 0.6) is 11.5 Å². The molecule has 0 unspecified atom stereocenters. The van der Waals surface area contributed by atoms with Gasteiger partial charge in [-0.05, 0) is 56.1 Å². The van der Waals surface area contributed by atoms with Gasteiger partial charge in [-0.1, -0.05) is 29.8 Å². The number of benzene rings is 2. The van der Waals surface area contributed by atoms with Crippen LogP contribution in [0.3, 0.4) is 0 Å². The summed E-state index contributed by atoms with van der Waals surface area (Å²) in [6, 6.07) is 15.9. The van der Waals surface area contributed by atoms with E-state index in [9.17, 15) is 9.59 Å². The van der Waals surface area contributed by atoms with Crippen LogP contribution < -0.4 is 25.7 Å². The molecule has 0 saturated heterocycles. The van der Waals surface area contributed by atoms with E-state index in [2.05, 4.69) is 20.6 Å². The maximum absolute atomic E-state index is 14.3. The molecule has 5 rings (SSSR count). The maximum Gasteiger partial charge on any atom is 0.260 e. The predicted molar refractivity (Wildman–Crippen MR) is 177 cm³/mol. The molecular formula is C33H32ClN7O4. The van der Waals surface area contributed by atoms with Crippen LogP contribution >= 0.6 is 11.6 Å². The average Bonchev–Trinajstić information content (AvgIpc) is 3.03. The standard InChI is InChI=1S/C33H32ClN7O4/c1-40(2)14-6-9-29(42)37-24-8-5-7-21(15-24)20-41-31-22(19-36-33(39-31)38-23-10-12-35-13-11-23)16-27(32(41)43)26-17-25(44-3)18-28(45-4)30(26)34/h5-13,15-19H,14,20H2,1-4H3,(H,37,42)(H,35,36,38,39)/b9-6+. The van der Waals surface area contributed by atoms with Crippen molar-refractivity contribution in [3.8, 4) is 22.6 Å². The Kier molecular flexibility index (Phi) is 9.71. The number of nitrogens with zero attached hydrogens (tertiary/aromatic N) is 5. The Morgan fingerprint density at radius 1 is 1.02 bits per heavy atom. The predicted octanol–water partition coefficient (Wildman–Crippen LogP) is 5.37. The molecule has 5 aromatic rings. The van der Waals surface area contributed by atoms with Crippen LogP contribution in [0.2, 0.25) is 5.02 Å². The summed E-state index contributed by atoms with van der Waals surface area (Å²) in [4.78, 5) is 42.0. The van der Waals surface area contributed by atoms with Crippen molar-refractivity contribution in [2.45, 2.75) is 6.54 Å². The van der Waals surface area contributed by atoms with E-state index < -0.39 is 0 Å². The average molecular weight is 626 g/mol. The molecule has 2 aromatic carbocycles. The first kappa shape index (κ1) is 31.2. The Labute approximate surface area is 265 Å². The first-order chi connectivity index (χ1) is 21.7. The van der Waals surface area contributed by atoms with E-state index in [0.29, 0.717) is 51.8 Å². The zero-order valence-electron chi connectivity index (χ0n) is 25.2. The number of nitrogens with one attached hydrogen (secondary N) is 2. The quantitative estimate of drug-likeness (QED) is 0.186. The second-order valence-electron chi connectivity index (χ2n) is 10.3. The number of hydrogen-bond acceptors (Lipinski definition) is 9. The van der Waals surface area contributed by atoms with Crippen LogP contribution in [0.4, 0.5) is 17.3 Å². The van der Waals surface area contributed by atoms with Crippen LogP contribution in [0.25, 0.3) is 22.2 Å². The lowest BCUT2D eigenvalue weighted by Gasteiger charge is -2.16. The molecule has 230 valence electrons. The number of anilines is 3. The highest BCUT2D eigenvalue weighted by molar-refractivity contribution is 6.35. The number of carbonyl (C=O) groups excluding carboxylic acids is 1. The molecule has 11 nitrogen and oxygen atoms in total. The van der Waals surface area contributed by atoms with Crippen molar-refractivity contribution in [3.63, 3.8) is 0 Å². The molecule has 1 amide bonds. The molecule has 0 spiro atoms. The Balaban J connectivity index is 1.60. The molecule has 3 heterocycles. The fourth-order valence-electron chi connectivity index (χ4n) is 4.64. The molecule has 0 radical (unpaired) electrons. The number of hydrogen-bond donors (Lipinski definition) is 2. The first-order valence-corrected chi connectivity index (χ1v) is 14.3. The van der Waals surface area contributed by atoms with Crippen LogP contribution in [0.1, 0.15) is 5.56 Å². The minimum atomic E-state index is -0.339. The van der Waals surface area contributed by atoms with Gasteiger partial charge < -0.3 is 25.0 Å². The first-order valence-electron chi connectivity index (χ1n) is 14.0. The van der Waals surface area contributed by atoms with Gasteiger partial charge in [0.1, 0.15) is 17.1 Å². The Morgan fingerprint density at radius 3 is 2.56 bits per heavy atom. The summed E-state index contributed by atoms with van der Waals surface area (Å²) in [5.41, 5.74) is 2.93. The monoisotopic (exact) mass is 625 g/mol. The lowest BCUT2D eigenvalue weighted by molar-refractivity contribution is -0.111. The summed E-state index contributed by atoms with van der Waals surface area (Å²) in [5, 5.41) is 6.92. The number of methoxy groups -OCH3 is 2. The van der Waals surface area contributed by atoms with Gasteiger partial charge in [-0.15, -0.1) is 0 Å². The highest BCUT2D eigenvalue weighted by Gasteiger charge is 2.19. The second-order valence-corrected chi connectivity index (χ2v) is 10.7. The third-order valence-electron chi connectivity index (χ3n) is 6.80. The molecule has 0 saturated carbocycles. The number of aromatic nitrogens is 4. The molecule has 0 aliphatic carbocycles. The Morgan fingerprint density at radius 2 is 1.82 bits per heavy atom. The van der Waals surface area contributed by atoms with Crippen LogP contribution in [0.15, 0.2) is 90.1 Å². The van der Waals surface area contributed by atoms with Gasteiger partial charge in [0.05, 0.1) is 25.8 Å². The van der Waals surface area contributed by atoms with Crippen LogP contribution in [-0.2, 0) is 11.3 Å². The molecule has 3 aromatic heterocycles. The van der Waals surface area contributed by atoms with Gasteiger partial charge in [-0.2, -0.15) is 4.98 Å². The lowest BCUT2D eigenvalue weighted by atomic mass is 10.0. The van der Waals surface area contributed by atoms with Crippen molar-refractivity contribution in [3.05, 3.63) is 106 Å². The van der Waals surface area contributed by atoms with Gasteiger partial charge in [0.2, 0.25) is 11.9 Å². The van der Waals surface area contributed by atoms with Crippen LogP contribution in [0, 0.1) is 0 Å². The summed E-state index contributed by atoms with van der Waals surface area (Å²) in [5.74, 6) is 0.905. The number of halogens is 1. The number of fused-ring (bicyclic) bond motifs is 1. The highest BCUT2D eigenvalue weighted by Crippen LogP contribution is 2.38. The van der Waals surface area contributed by atoms with Gasteiger partial charge in [0.25, 0.3) is 5.56 Å². The zero-order chi connectivity index (χ0) is 31.9. The van der Waals surface area contributed by atoms with Crippen molar-refractivity contribution >= 4 is 45.9 Å². The molecule has 0 bridgehead atoms. The summed E-state index contributed by atoms with van der Waals surface area (Å²) in [6.45, 7) is 0.788. The summed E-state index contributed by atoms with van der Waals surface area (Å²) in [7, 11) is 6.88. The number of amides is 1. The van der Waals surface area contributed by atoms with E-state index in [0.717, 1.165) is 11.3 Å². The number of rotatable bonds is 11. The number of carbonyl (C=O) groups is 1. The summed E-state index contributed by atoms with van der Waals surface area (Å²) >= 11 is 6.72. The van der Waals surface area contributed by atoms with Crippen molar-refractivity contribution < 1.29 is 14.3 Å². The van der Waals surface area contributed by atoms with E-state index >= 15 is 0 Å². The van der Waals surface area contributed by atoms with Gasteiger partial charge in [0.15, 0.2) is 0 Å². The van der Waals surface area contributed by atoms with Crippen molar-refractivity contribution in [1.82, 2.24) is 24.4 Å². The van der Waals surface area contributed by atoms with Crippen molar-refractivity contribution in [2.75, 3.05) is 45.5 Å². The highest BCUT2D eigenvalue weighted by atomic mass is 35.5. The molecule has 0 aliphatic rings. The van der Waals surface area contributed by atoms with E-state index in [4.69, 9.17) is 26.1 Å². The molecule has 2 N–H and O–H groups in total. The van der Waals surface area contributed by atoms with E-state index in [1.807, 2.05) is 37.2 Å². The molecule has 45 heavy (non-hydrogen) atoms. The zero-order valence-corrected chi connectivity index (χ0v) is 26.0. The Hall–Kier alpha value is -5.26. The SMILES string of the molecule is COc1cc(OC)c(Cl)c(-c2cc3cnc(Nc4ccncc4)nc3n(Cc3cccc(NC(=O)/C=C/CN(C)C)c3)c2=O)c1. The number of pyridine rings is 2. The van der Waals surface area contributed by atoms with Gasteiger partial charge in [-0.3, -0.25) is 19.1 Å². The molecule has 0 fully saturated rings. The molecule has 12 heteroatoms. The molecular weight excluding hydrogens is 594 g/mol. The van der Waals surface area contributed by atoms with Crippen LogP contribution in [-0.4, -0.2) is 65.2 Å². The summed E-state index contributed by atoms with van der Waals surface area (Å²) < 4.78 is 12.5.